The van der Waals surface area contributed by atoms with Gasteiger partial charge in [0.15, 0.2) is 0 Å². The molecule has 1 aromatic rings. The number of carbonyl (C=O) groups excluding carboxylic acids is 1. The van der Waals surface area contributed by atoms with E-state index in [1.165, 1.54) is 7.11 Å². The molecule has 1 amide bonds. The second kappa shape index (κ2) is 7.24. The molecule has 9 nitrogen and oxygen atoms in total. The molecule has 0 aliphatic heterocycles. The van der Waals surface area contributed by atoms with Gasteiger partial charge in [-0.15, -0.1) is 0 Å². The molecule has 110 valence electrons. The molecule has 20 heavy (non-hydrogen) atoms. The van der Waals surface area contributed by atoms with Crippen LogP contribution in [0.25, 0.3) is 0 Å². The molecule has 3 N–H and O–H groups in total. The number of hydrogen-bond acceptors (Lipinski definition) is 5. The Labute approximate surface area is 113 Å². The van der Waals surface area contributed by atoms with Crippen LogP contribution in [0.4, 0.5) is 0 Å². The number of amides is 1. The number of aromatic amines is 1. The molecule has 1 atom stereocenters. The standard InChI is InChI=1S/C11H15N3O6/c1-20-7(4-11(18)19)5-12-9(16)6-14-10(17)3-2-8(15)13-14/h2-3,7H,4-6H2,1H3,(H,12,16)(H,13,15)(H,18,19). The third-order valence-corrected chi connectivity index (χ3v) is 2.45. The Morgan fingerprint density at radius 3 is 2.75 bits per heavy atom. The van der Waals surface area contributed by atoms with Crippen LogP contribution in [0.1, 0.15) is 6.42 Å². The smallest absolute Gasteiger partial charge is 0.306 e. The maximum absolute atomic E-state index is 11.6. The fraction of sp³-hybridized carbons (Fsp3) is 0.455. The van der Waals surface area contributed by atoms with Gasteiger partial charge in [0, 0.05) is 25.8 Å². The summed E-state index contributed by atoms with van der Waals surface area (Å²) in [5.74, 6) is -1.59. The molecule has 0 fully saturated rings. The predicted octanol–water partition coefficient (Wildman–Crippen LogP) is -1.86. The largest absolute Gasteiger partial charge is 0.481 e. The molecule has 0 saturated carbocycles. The minimum Gasteiger partial charge on any atom is -0.481 e. The average Bonchev–Trinajstić information content (AvgIpc) is 2.38. The van der Waals surface area contributed by atoms with Crippen molar-refractivity contribution in [3.63, 3.8) is 0 Å². The number of carboxylic acids is 1. The molecule has 0 aromatic carbocycles. The molecule has 1 aromatic heterocycles. The summed E-state index contributed by atoms with van der Waals surface area (Å²) in [5, 5.41) is 13.2. The summed E-state index contributed by atoms with van der Waals surface area (Å²) in [6, 6.07) is 2.11. The monoisotopic (exact) mass is 285 g/mol. The van der Waals surface area contributed by atoms with Gasteiger partial charge in [-0.05, 0) is 0 Å². The quantitative estimate of drug-likeness (QED) is 0.538. The van der Waals surface area contributed by atoms with E-state index in [2.05, 4.69) is 10.4 Å². The number of nitrogens with one attached hydrogen (secondary N) is 2. The number of carbonyl (C=O) groups is 2. The van der Waals surface area contributed by atoms with Crippen molar-refractivity contribution in [2.75, 3.05) is 13.7 Å². The number of methoxy groups -OCH3 is 1. The van der Waals surface area contributed by atoms with E-state index in [9.17, 15) is 19.2 Å². The van der Waals surface area contributed by atoms with Gasteiger partial charge in [0.2, 0.25) is 5.91 Å². The highest BCUT2D eigenvalue weighted by Gasteiger charge is 2.14. The number of ether oxygens (including phenoxy) is 1. The van der Waals surface area contributed by atoms with Crippen molar-refractivity contribution in [3.05, 3.63) is 32.8 Å². The van der Waals surface area contributed by atoms with E-state index < -0.39 is 29.1 Å². The van der Waals surface area contributed by atoms with Crippen molar-refractivity contribution >= 4 is 11.9 Å². The summed E-state index contributed by atoms with van der Waals surface area (Å²) in [6.45, 7) is -0.369. The number of nitrogens with zero attached hydrogens (tertiary/aromatic N) is 1. The molecule has 0 aliphatic rings. The zero-order valence-electron chi connectivity index (χ0n) is 10.8. The van der Waals surface area contributed by atoms with E-state index in [0.29, 0.717) is 0 Å². The average molecular weight is 285 g/mol. The van der Waals surface area contributed by atoms with Crippen molar-refractivity contribution in [1.82, 2.24) is 15.1 Å². The molecular weight excluding hydrogens is 270 g/mol. The minimum absolute atomic E-state index is 0.00650. The van der Waals surface area contributed by atoms with Gasteiger partial charge in [-0.25, -0.2) is 4.68 Å². The maximum atomic E-state index is 11.6. The van der Waals surface area contributed by atoms with E-state index in [1.54, 1.807) is 0 Å². The summed E-state index contributed by atoms with van der Waals surface area (Å²) in [7, 11) is 1.33. The van der Waals surface area contributed by atoms with Gasteiger partial charge in [0.05, 0.1) is 12.5 Å². The topological polar surface area (TPSA) is 130 Å². The first-order valence-corrected chi connectivity index (χ1v) is 5.74. The Kier molecular flexibility index (Phi) is 5.66. The van der Waals surface area contributed by atoms with Crippen molar-refractivity contribution < 1.29 is 19.4 Å². The zero-order valence-corrected chi connectivity index (χ0v) is 10.8. The van der Waals surface area contributed by atoms with Crippen LogP contribution in [0.5, 0.6) is 0 Å². The highest BCUT2D eigenvalue weighted by molar-refractivity contribution is 5.75. The lowest BCUT2D eigenvalue weighted by molar-refractivity contribution is -0.140. The van der Waals surface area contributed by atoms with Crippen LogP contribution in [-0.2, 0) is 20.9 Å². The SMILES string of the molecule is COC(CNC(=O)Cn1[nH]c(=O)ccc1=O)CC(=O)O. The second-order valence-electron chi connectivity index (χ2n) is 3.99. The Morgan fingerprint density at radius 2 is 2.15 bits per heavy atom. The number of aromatic nitrogens is 2. The van der Waals surface area contributed by atoms with E-state index >= 15 is 0 Å². The lowest BCUT2D eigenvalue weighted by Gasteiger charge is -2.14. The van der Waals surface area contributed by atoms with Gasteiger partial charge >= 0.3 is 5.97 Å². The summed E-state index contributed by atoms with van der Waals surface area (Å²) in [6.07, 6.45) is -0.915. The molecule has 0 aliphatic carbocycles. The minimum atomic E-state index is -1.05. The molecule has 1 rings (SSSR count). The second-order valence-corrected chi connectivity index (χ2v) is 3.99. The van der Waals surface area contributed by atoms with E-state index in [-0.39, 0.29) is 19.5 Å². The molecule has 1 heterocycles. The fourth-order valence-corrected chi connectivity index (χ4v) is 1.44. The molecule has 0 bridgehead atoms. The summed E-state index contributed by atoms with van der Waals surface area (Å²) >= 11 is 0. The summed E-state index contributed by atoms with van der Waals surface area (Å²) in [5.41, 5.74) is -1.02. The van der Waals surface area contributed by atoms with Crippen LogP contribution in [-0.4, -0.2) is 46.5 Å². The van der Waals surface area contributed by atoms with Crippen LogP contribution in [0, 0.1) is 0 Å². The van der Waals surface area contributed by atoms with Crippen molar-refractivity contribution in [3.8, 4) is 0 Å². The molecule has 0 radical (unpaired) electrons. The number of carboxylic acid groups (broad SMARTS) is 1. The molecule has 0 saturated heterocycles. The van der Waals surface area contributed by atoms with Crippen LogP contribution in [0.3, 0.4) is 0 Å². The highest BCUT2D eigenvalue weighted by atomic mass is 16.5. The van der Waals surface area contributed by atoms with Crippen molar-refractivity contribution in [2.24, 2.45) is 0 Å². The summed E-state index contributed by atoms with van der Waals surface area (Å²) in [4.78, 5) is 44.5. The van der Waals surface area contributed by atoms with Gasteiger partial charge < -0.3 is 15.2 Å². The first-order chi connectivity index (χ1) is 9.42. The first-order valence-electron chi connectivity index (χ1n) is 5.74. The lowest BCUT2D eigenvalue weighted by Crippen LogP contribution is -2.39. The Bertz CT molecular complexity index is 590. The van der Waals surface area contributed by atoms with Crippen LogP contribution >= 0.6 is 0 Å². The molecular formula is C11H15N3O6. The lowest BCUT2D eigenvalue weighted by atomic mass is 10.2. The predicted molar refractivity (Wildman–Crippen MR) is 67.4 cm³/mol. The number of aliphatic carboxylic acids is 1. The number of H-pyrrole nitrogens is 1. The van der Waals surface area contributed by atoms with E-state index in [4.69, 9.17) is 9.84 Å². The van der Waals surface area contributed by atoms with Crippen molar-refractivity contribution in [1.29, 1.82) is 0 Å². The zero-order chi connectivity index (χ0) is 15.1. The van der Waals surface area contributed by atoms with E-state index in [0.717, 1.165) is 16.8 Å². The molecule has 0 spiro atoms. The van der Waals surface area contributed by atoms with Gasteiger partial charge in [0.1, 0.15) is 6.54 Å². The van der Waals surface area contributed by atoms with Gasteiger partial charge in [-0.3, -0.25) is 24.3 Å². The number of hydrogen-bond donors (Lipinski definition) is 3. The Hall–Kier alpha value is -2.42. The fourth-order valence-electron chi connectivity index (χ4n) is 1.44. The first kappa shape index (κ1) is 15.6. The number of rotatable bonds is 7. The Balaban J connectivity index is 2.55. The molecule has 9 heteroatoms. The molecule has 1 unspecified atom stereocenters. The van der Waals surface area contributed by atoms with E-state index in [1.807, 2.05) is 0 Å². The summed E-state index contributed by atoms with van der Waals surface area (Å²) < 4.78 is 5.74. The van der Waals surface area contributed by atoms with Gasteiger partial charge in [-0.1, -0.05) is 0 Å². The normalized spacial score (nSPS) is 11.8. The van der Waals surface area contributed by atoms with Crippen molar-refractivity contribution in [2.45, 2.75) is 19.1 Å². The van der Waals surface area contributed by atoms with Gasteiger partial charge in [0.25, 0.3) is 11.1 Å². The van der Waals surface area contributed by atoms with Crippen LogP contribution in [0.2, 0.25) is 0 Å². The van der Waals surface area contributed by atoms with Gasteiger partial charge in [-0.2, -0.15) is 0 Å². The van der Waals surface area contributed by atoms with Crippen LogP contribution < -0.4 is 16.4 Å². The third kappa shape index (κ3) is 5.06. The van der Waals surface area contributed by atoms with Crippen LogP contribution in [0.15, 0.2) is 21.7 Å². The third-order valence-electron chi connectivity index (χ3n) is 2.45. The highest BCUT2D eigenvalue weighted by Crippen LogP contribution is 1.95. The maximum Gasteiger partial charge on any atom is 0.306 e. The Morgan fingerprint density at radius 1 is 1.45 bits per heavy atom.